The summed E-state index contributed by atoms with van der Waals surface area (Å²) >= 11 is 6.67. The average Bonchev–Trinajstić information content (AvgIpc) is 3.00. The summed E-state index contributed by atoms with van der Waals surface area (Å²) in [6, 6.07) is 14.7. The Labute approximate surface area is 261 Å². The summed E-state index contributed by atoms with van der Waals surface area (Å²) < 4.78 is 12.5. The number of carbonyl (C=O) groups is 1. The van der Waals surface area contributed by atoms with Gasteiger partial charge in [0.1, 0.15) is 28.8 Å². The molecule has 0 spiro atoms. The SMILES string of the molecule is CNc1ncc2cc(-c3cc(OC)cc(OC)c3Cl)c(=O)n(CCCc3cccc(/C=C(\C#N)C(=O)NC(C)(C)C)c3)c2n1. The second-order valence-electron chi connectivity index (χ2n) is 11.2. The van der Waals surface area contributed by atoms with Gasteiger partial charge in [0.05, 0.1) is 19.2 Å². The number of nitrogens with zero attached hydrogens (tertiary/aromatic N) is 4. The van der Waals surface area contributed by atoms with Crippen molar-refractivity contribution >= 4 is 40.6 Å². The van der Waals surface area contributed by atoms with Gasteiger partial charge in [-0.2, -0.15) is 10.2 Å². The molecule has 4 aromatic rings. The molecule has 0 aliphatic rings. The van der Waals surface area contributed by atoms with Crippen molar-refractivity contribution in [2.75, 3.05) is 26.6 Å². The maximum atomic E-state index is 14.0. The highest BCUT2D eigenvalue weighted by Gasteiger charge is 2.20. The number of benzene rings is 2. The third-order valence-corrected chi connectivity index (χ3v) is 7.16. The molecule has 11 heteroatoms. The molecule has 1 amide bonds. The van der Waals surface area contributed by atoms with Gasteiger partial charge in [0.15, 0.2) is 0 Å². The minimum atomic E-state index is -0.461. The monoisotopic (exact) mass is 614 g/mol. The highest BCUT2D eigenvalue weighted by atomic mass is 35.5. The van der Waals surface area contributed by atoms with Crippen molar-refractivity contribution in [3.8, 4) is 28.7 Å². The minimum absolute atomic E-state index is 0.0276. The molecule has 0 aliphatic carbocycles. The molecular formula is C33H35ClN6O4. The lowest BCUT2D eigenvalue weighted by Gasteiger charge is -2.20. The number of nitrogens with one attached hydrogen (secondary N) is 2. The highest BCUT2D eigenvalue weighted by molar-refractivity contribution is 6.35. The topological polar surface area (TPSA) is 131 Å². The number of ether oxygens (including phenoxy) is 2. The number of pyridine rings is 1. The van der Waals surface area contributed by atoms with E-state index < -0.39 is 11.4 Å². The minimum Gasteiger partial charge on any atom is -0.497 e. The van der Waals surface area contributed by atoms with E-state index in [4.69, 9.17) is 21.1 Å². The standard InChI is InChI=1S/C33H35ClN6O4/c1-33(2,3)39-30(41)22(18-35)14-21-10-7-9-20(13-21)11-8-12-40-29-23(19-37-32(36-4)38-29)15-26(31(40)42)25-16-24(43-5)17-27(44-6)28(25)34/h7,9-10,13-17,19H,8,11-12H2,1-6H3,(H,39,41)(H,36,37,38)/b22-14+. The summed E-state index contributed by atoms with van der Waals surface area (Å²) in [5.41, 5.74) is 2.36. The van der Waals surface area contributed by atoms with Crippen LogP contribution in [0.15, 0.2) is 59.0 Å². The van der Waals surface area contributed by atoms with Crippen LogP contribution in [0.4, 0.5) is 5.95 Å². The molecule has 2 heterocycles. The summed E-state index contributed by atoms with van der Waals surface area (Å²) in [4.78, 5) is 35.5. The Hall–Kier alpha value is -4.88. The van der Waals surface area contributed by atoms with Crippen LogP contribution in [0, 0.1) is 11.3 Å². The molecule has 0 saturated heterocycles. The van der Waals surface area contributed by atoms with Crippen LogP contribution in [0.2, 0.25) is 5.02 Å². The fraction of sp³-hybridized carbons (Fsp3) is 0.303. The zero-order valence-electron chi connectivity index (χ0n) is 25.6. The van der Waals surface area contributed by atoms with Crippen LogP contribution in [0.25, 0.3) is 28.2 Å². The zero-order valence-corrected chi connectivity index (χ0v) is 26.4. The number of anilines is 1. The molecule has 2 aromatic carbocycles. The third-order valence-electron chi connectivity index (χ3n) is 6.77. The number of methoxy groups -OCH3 is 2. The van der Waals surface area contributed by atoms with Crippen molar-refractivity contribution < 1.29 is 14.3 Å². The summed E-state index contributed by atoms with van der Waals surface area (Å²) in [7, 11) is 4.75. The molecule has 2 N–H and O–H groups in total. The third kappa shape index (κ3) is 7.36. The first-order valence-corrected chi connectivity index (χ1v) is 14.4. The van der Waals surface area contributed by atoms with Gasteiger partial charge in [-0.15, -0.1) is 0 Å². The highest BCUT2D eigenvalue weighted by Crippen LogP contribution is 2.38. The maximum Gasteiger partial charge on any atom is 0.262 e. The number of carbonyl (C=O) groups excluding carboxylic acids is 1. The van der Waals surface area contributed by atoms with Crippen molar-refractivity contribution in [2.45, 2.75) is 45.7 Å². The predicted molar refractivity (Wildman–Crippen MR) is 173 cm³/mol. The molecule has 44 heavy (non-hydrogen) atoms. The quantitative estimate of drug-likeness (QED) is 0.174. The predicted octanol–water partition coefficient (Wildman–Crippen LogP) is 5.63. The van der Waals surface area contributed by atoms with Crippen LogP contribution < -0.4 is 25.7 Å². The number of hydrogen-bond donors (Lipinski definition) is 2. The molecule has 0 bridgehead atoms. The Balaban J connectivity index is 1.68. The Morgan fingerprint density at radius 3 is 2.57 bits per heavy atom. The zero-order chi connectivity index (χ0) is 32.0. The number of halogens is 1. The summed E-state index contributed by atoms with van der Waals surface area (Å²) in [5.74, 6) is 0.854. The Morgan fingerprint density at radius 2 is 1.91 bits per heavy atom. The van der Waals surface area contributed by atoms with Crippen molar-refractivity contribution in [1.82, 2.24) is 19.9 Å². The second-order valence-corrected chi connectivity index (χ2v) is 11.5. The average molecular weight is 615 g/mol. The molecule has 0 fully saturated rings. The lowest BCUT2D eigenvalue weighted by molar-refractivity contribution is -0.118. The van der Waals surface area contributed by atoms with Crippen LogP contribution in [0.3, 0.4) is 0 Å². The fourth-order valence-electron chi connectivity index (χ4n) is 4.72. The van der Waals surface area contributed by atoms with Gasteiger partial charge < -0.3 is 20.1 Å². The van der Waals surface area contributed by atoms with E-state index in [9.17, 15) is 14.9 Å². The Bertz CT molecular complexity index is 1840. The molecule has 0 saturated carbocycles. The van der Waals surface area contributed by atoms with Crippen LogP contribution in [0.5, 0.6) is 11.5 Å². The molecule has 2 aromatic heterocycles. The van der Waals surface area contributed by atoms with Crippen LogP contribution in [0.1, 0.15) is 38.3 Å². The molecule has 228 valence electrons. The molecule has 0 unspecified atom stereocenters. The Kier molecular flexibility index (Phi) is 9.91. The first-order chi connectivity index (χ1) is 21.0. The van der Waals surface area contributed by atoms with E-state index in [1.165, 1.54) is 14.2 Å². The van der Waals surface area contributed by atoms with E-state index in [1.807, 2.05) is 51.1 Å². The van der Waals surface area contributed by atoms with Crippen molar-refractivity contribution in [2.24, 2.45) is 0 Å². The van der Waals surface area contributed by atoms with Gasteiger partial charge in [-0.05, 0) is 62.9 Å². The van der Waals surface area contributed by atoms with Crippen LogP contribution in [-0.2, 0) is 17.8 Å². The summed E-state index contributed by atoms with van der Waals surface area (Å²) in [5, 5.41) is 16.3. The largest absolute Gasteiger partial charge is 0.497 e. The fourth-order valence-corrected chi connectivity index (χ4v) is 5.01. The van der Waals surface area contributed by atoms with Crippen molar-refractivity contribution in [1.29, 1.82) is 5.26 Å². The van der Waals surface area contributed by atoms with Gasteiger partial charge in [-0.3, -0.25) is 14.2 Å². The van der Waals surface area contributed by atoms with Gasteiger partial charge in [0, 0.05) is 47.9 Å². The van der Waals surface area contributed by atoms with Gasteiger partial charge in [0.2, 0.25) is 5.95 Å². The molecule has 0 aliphatic heterocycles. The van der Waals surface area contributed by atoms with Gasteiger partial charge >= 0.3 is 0 Å². The number of hydrogen-bond acceptors (Lipinski definition) is 8. The first-order valence-electron chi connectivity index (χ1n) is 14.0. The van der Waals surface area contributed by atoms with E-state index in [0.29, 0.717) is 64.0 Å². The van der Waals surface area contributed by atoms with Crippen LogP contribution >= 0.6 is 11.6 Å². The van der Waals surface area contributed by atoms with Gasteiger partial charge in [0.25, 0.3) is 11.5 Å². The number of aryl methyl sites for hydroxylation is 2. The smallest absolute Gasteiger partial charge is 0.262 e. The maximum absolute atomic E-state index is 14.0. The Morgan fingerprint density at radius 1 is 1.14 bits per heavy atom. The summed E-state index contributed by atoms with van der Waals surface area (Å²) in [6.45, 7) is 5.94. The molecular weight excluding hydrogens is 580 g/mol. The number of nitriles is 1. The van der Waals surface area contributed by atoms with Gasteiger partial charge in [-0.25, -0.2) is 4.98 Å². The molecule has 0 radical (unpaired) electrons. The molecule has 0 atom stereocenters. The molecule has 4 rings (SSSR count). The number of rotatable bonds is 10. The number of fused-ring (bicyclic) bond motifs is 1. The van der Waals surface area contributed by atoms with E-state index in [-0.39, 0.29) is 11.1 Å². The second kappa shape index (κ2) is 13.6. The van der Waals surface area contributed by atoms with E-state index in [1.54, 1.807) is 42.1 Å². The summed E-state index contributed by atoms with van der Waals surface area (Å²) in [6.07, 6.45) is 4.48. The van der Waals surface area contributed by atoms with E-state index in [2.05, 4.69) is 20.6 Å². The van der Waals surface area contributed by atoms with Crippen molar-refractivity contribution in [3.05, 3.63) is 80.7 Å². The first kappa shape index (κ1) is 32.0. The van der Waals surface area contributed by atoms with Crippen molar-refractivity contribution in [3.63, 3.8) is 0 Å². The lowest BCUT2D eigenvalue weighted by Crippen LogP contribution is -2.41. The van der Waals surface area contributed by atoms with E-state index in [0.717, 1.165) is 11.1 Å². The van der Waals surface area contributed by atoms with E-state index >= 15 is 0 Å². The van der Waals surface area contributed by atoms with Crippen LogP contribution in [-0.4, -0.2) is 47.2 Å². The molecule has 10 nitrogen and oxygen atoms in total. The lowest BCUT2D eigenvalue weighted by atomic mass is 10.0. The number of aromatic nitrogens is 3. The number of amides is 1. The normalized spacial score (nSPS) is 11.6. The van der Waals surface area contributed by atoms with Gasteiger partial charge in [-0.1, -0.05) is 35.9 Å².